The molecule has 0 aliphatic carbocycles. The number of ether oxygens (including phenoxy) is 1. The number of carbonyl (C=O) groups is 1. The quantitative estimate of drug-likeness (QED) is 0.539. The average molecular weight is 342 g/mol. The average Bonchev–Trinajstić information content (AvgIpc) is 3.27. The number of anilines is 1. The van der Waals surface area contributed by atoms with Crippen LogP contribution in [0.4, 0.5) is 11.4 Å². The second kappa shape index (κ2) is 6.83. The predicted molar refractivity (Wildman–Crippen MR) is 87.5 cm³/mol. The summed E-state index contributed by atoms with van der Waals surface area (Å²) in [5.74, 6) is -0.222. The highest BCUT2D eigenvalue weighted by molar-refractivity contribution is 6.04. The molecule has 0 spiro atoms. The van der Waals surface area contributed by atoms with Gasteiger partial charge in [-0.05, 0) is 24.3 Å². The largest absolute Gasteiger partial charge is 0.496 e. The first-order chi connectivity index (χ1) is 12.1. The number of nitro groups is 1. The van der Waals surface area contributed by atoms with Crippen molar-refractivity contribution in [2.75, 3.05) is 12.4 Å². The molecule has 3 aromatic rings. The van der Waals surface area contributed by atoms with E-state index in [2.05, 4.69) is 15.5 Å². The predicted octanol–water partition coefficient (Wildman–Crippen LogP) is 1.75. The van der Waals surface area contributed by atoms with Gasteiger partial charge >= 0.3 is 0 Å². The van der Waals surface area contributed by atoms with Gasteiger partial charge in [-0.3, -0.25) is 24.3 Å². The van der Waals surface area contributed by atoms with Gasteiger partial charge in [-0.1, -0.05) is 0 Å². The van der Waals surface area contributed by atoms with Crippen molar-refractivity contribution in [3.63, 3.8) is 0 Å². The van der Waals surface area contributed by atoms with Crippen LogP contribution in [0, 0.1) is 10.1 Å². The summed E-state index contributed by atoms with van der Waals surface area (Å²) in [7, 11) is 1.41. The summed E-state index contributed by atoms with van der Waals surface area (Å²) < 4.78 is 8.14. The minimum atomic E-state index is -0.589. The van der Waals surface area contributed by atoms with Crippen LogP contribution in [0.2, 0.25) is 0 Å². The monoisotopic (exact) mass is 342 g/mol. The van der Waals surface area contributed by atoms with E-state index in [1.807, 2.05) is 0 Å². The number of aromatic nitrogens is 4. The standard InChI is InChI=1S/C15H14N6O4/c1-25-11-3-4-12(14(9-11)21(23)24)17-15(22)13-5-8-20(18-13)10-19-7-2-6-16-19/h2-9H,10H2,1H3,(H,17,22). The van der Waals surface area contributed by atoms with Crippen molar-refractivity contribution >= 4 is 17.3 Å². The molecule has 10 heteroatoms. The first kappa shape index (κ1) is 16.2. The Bertz CT molecular complexity index is 903. The summed E-state index contributed by atoms with van der Waals surface area (Å²) in [6.07, 6.45) is 5.03. The zero-order valence-corrected chi connectivity index (χ0v) is 13.2. The number of hydrogen-bond donors (Lipinski definition) is 1. The Balaban J connectivity index is 1.76. The van der Waals surface area contributed by atoms with Gasteiger partial charge in [0, 0.05) is 18.6 Å². The van der Waals surface area contributed by atoms with Gasteiger partial charge in [-0.15, -0.1) is 0 Å². The number of nitrogens with zero attached hydrogens (tertiary/aromatic N) is 5. The van der Waals surface area contributed by atoms with Gasteiger partial charge in [-0.2, -0.15) is 10.2 Å². The van der Waals surface area contributed by atoms with Crippen LogP contribution in [0.5, 0.6) is 5.75 Å². The molecule has 128 valence electrons. The second-order valence-corrected chi connectivity index (χ2v) is 5.02. The van der Waals surface area contributed by atoms with Crippen molar-refractivity contribution in [2.45, 2.75) is 6.67 Å². The first-order valence-electron chi connectivity index (χ1n) is 7.21. The lowest BCUT2D eigenvalue weighted by molar-refractivity contribution is -0.384. The molecule has 1 N–H and O–H groups in total. The summed E-state index contributed by atoms with van der Waals surface area (Å²) in [4.78, 5) is 22.9. The highest BCUT2D eigenvalue weighted by Crippen LogP contribution is 2.29. The van der Waals surface area contributed by atoms with E-state index in [1.165, 1.54) is 36.1 Å². The summed E-state index contributed by atoms with van der Waals surface area (Å²) >= 11 is 0. The van der Waals surface area contributed by atoms with Crippen LogP contribution in [0.3, 0.4) is 0 Å². The van der Waals surface area contributed by atoms with E-state index in [-0.39, 0.29) is 17.1 Å². The van der Waals surface area contributed by atoms with Crippen LogP contribution < -0.4 is 10.1 Å². The number of hydrogen-bond acceptors (Lipinski definition) is 6. The van der Waals surface area contributed by atoms with Crippen LogP contribution in [-0.2, 0) is 6.67 Å². The molecule has 0 unspecified atom stereocenters. The third kappa shape index (κ3) is 3.63. The maximum Gasteiger partial charge on any atom is 0.296 e. The number of amides is 1. The SMILES string of the molecule is COc1ccc(NC(=O)c2ccn(Cn3cccn3)n2)c([N+](=O)[O-])c1. The lowest BCUT2D eigenvalue weighted by Crippen LogP contribution is -2.15. The van der Waals surface area contributed by atoms with E-state index in [1.54, 1.807) is 29.3 Å². The molecule has 0 fully saturated rings. The van der Waals surface area contributed by atoms with Gasteiger partial charge in [-0.25, -0.2) is 0 Å². The molecule has 0 bridgehead atoms. The Morgan fingerprint density at radius 2 is 2.16 bits per heavy atom. The molecule has 25 heavy (non-hydrogen) atoms. The van der Waals surface area contributed by atoms with Crippen molar-refractivity contribution in [2.24, 2.45) is 0 Å². The topological polar surface area (TPSA) is 117 Å². The van der Waals surface area contributed by atoms with Crippen LogP contribution in [0.15, 0.2) is 48.9 Å². The molecular weight excluding hydrogens is 328 g/mol. The number of carbonyl (C=O) groups excluding carboxylic acids is 1. The molecule has 0 aliphatic rings. The minimum Gasteiger partial charge on any atom is -0.496 e. The maximum absolute atomic E-state index is 12.3. The summed E-state index contributed by atoms with van der Waals surface area (Å²) in [5.41, 5.74) is -0.0571. The minimum absolute atomic E-state index is 0.0671. The molecule has 0 saturated carbocycles. The molecule has 3 rings (SSSR count). The van der Waals surface area contributed by atoms with Crippen LogP contribution >= 0.6 is 0 Å². The Morgan fingerprint density at radius 1 is 1.32 bits per heavy atom. The van der Waals surface area contributed by atoms with E-state index in [9.17, 15) is 14.9 Å². The molecule has 2 heterocycles. The number of nitro benzene ring substituents is 1. The van der Waals surface area contributed by atoms with Crippen molar-refractivity contribution in [3.8, 4) is 5.75 Å². The van der Waals surface area contributed by atoms with E-state index >= 15 is 0 Å². The van der Waals surface area contributed by atoms with E-state index in [0.29, 0.717) is 12.4 Å². The van der Waals surface area contributed by atoms with Crippen molar-refractivity contribution < 1.29 is 14.5 Å². The summed E-state index contributed by atoms with van der Waals surface area (Å²) in [6.45, 7) is 0.350. The fraction of sp³-hybridized carbons (Fsp3) is 0.133. The number of benzene rings is 1. The second-order valence-electron chi connectivity index (χ2n) is 5.02. The van der Waals surface area contributed by atoms with Crippen molar-refractivity contribution in [1.82, 2.24) is 19.6 Å². The van der Waals surface area contributed by atoms with Crippen LogP contribution in [0.1, 0.15) is 10.5 Å². The molecule has 0 atom stereocenters. The van der Waals surface area contributed by atoms with Crippen molar-refractivity contribution in [1.29, 1.82) is 0 Å². The summed E-state index contributed by atoms with van der Waals surface area (Å²) in [6, 6.07) is 7.48. The van der Waals surface area contributed by atoms with Crippen molar-refractivity contribution in [3.05, 3.63) is 64.7 Å². The highest BCUT2D eigenvalue weighted by atomic mass is 16.6. The number of rotatable bonds is 6. The Morgan fingerprint density at radius 3 is 2.84 bits per heavy atom. The molecule has 1 aromatic carbocycles. The zero-order chi connectivity index (χ0) is 17.8. The highest BCUT2D eigenvalue weighted by Gasteiger charge is 2.19. The van der Waals surface area contributed by atoms with Crippen LogP contribution in [-0.4, -0.2) is 37.5 Å². The molecule has 0 radical (unpaired) electrons. The fourth-order valence-corrected chi connectivity index (χ4v) is 2.18. The molecule has 0 saturated heterocycles. The van der Waals surface area contributed by atoms with E-state index in [0.717, 1.165) is 0 Å². The number of methoxy groups -OCH3 is 1. The first-order valence-corrected chi connectivity index (χ1v) is 7.21. The Labute approximate surface area is 141 Å². The fourth-order valence-electron chi connectivity index (χ4n) is 2.18. The number of nitrogens with one attached hydrogen (secondary N) is 1. The van der Waals surface area contributed by atoms with Gasteiger partial charge in [0.1, 0.15) is 18.1 Å². The van der Waals surface area contributed by atoms with Gasteiger partial charge in [0.05, 0.1) is 18.1 Å². The summed E-state index contributed by atoms with van der Waals surface area (Å²) in [5, 5.41) is 21.8. The van der Waals surface area contributed by atoms with Crippen LogP contribution in [0.25, 0.3) is 0 Å². The molecule has 2 aromatic heterocycles. The lowest BCUT2D eigenvalue weighted by Gasteiger charge is -2.06. The molecular formula is C15H14N6O4. The zero-order valence-electron chi connectivity index (χ0n) is 13.2. The van der Waals surface area contributed by atoms with Gasteiger partial charge in [0.2, 0.25) is 0 Å². The van der Waals surface area contributed by atoms with E-state index < -0.39 is 10.8 Å². The third-order valence-electron chi connectivity index (χ3n) is 3.37. The smallest absolute Gasteiger partial charge is 0.296 e. The third-order valence-corrected chi connectivity index (χ3v) is 3.37. The molecule has 10 nitrogen and oxygen atoms in total. The molecule has 1 amide bonds. The molecule has 0 aliphatic heterocycles. The normalized spacial score (nSPS) is 10.4. The van der Waals surface area contributed by atoms with E-state index in [4.69, 9.17) is 4.74 Å². The van der Waals surface area contributed by atoms with Gasteiger partial charge in [0.15, 0.2) is 5.69 Å². The van der Waals surface area contributed by atoms with Gasteiger partial charge in [0.25, 0.3) is 11.6 Å². The van der Waals surface area contributed by atoms with Gasteiger partial charge < -0.3 is 10.1 Å². The Hall–Kier alpha value is -3.69. The maximum atomic E-state index is 12.3. The Kier molecular flexibility index (Phi) is 4.42. The lowest BCUT2D eigenvalue weighted by atomic mass is 10.2.